The minimum absolute atomic E-state index is 0.239. The molecule has 1 amide bonds. The molecule has 3 aromatic carbocycles. The number of amides is 1. The van der Waals surface area contributed by atoms with Gasteiger partial charge in [0.1, 0.15) is 0 Å². The molecule has 0 aliphatic rings. The van der Waals surface area contributed by atoms with Crippen LogP contribution in [-0.4, -0.2) is 17.0 Å². The van der Waals surface area contributed by atoms with E-state index in [1.54, 1.807) is 42.5 Å². The zero-order valence-corrected chi connectivity index (χ0v) is 15.0. The monoisotopic (exact) mass is 399 g/mol. The smallest absolute Gasteiger partial charge is 0.416 e. The summed E-state index contributed by atoms with van der Waals surface area (Å²) in [6.45, 7) is 0. The lowest BCUT2D eigenvalue weighted by molar-refractivity contribution is -0.139. The highest BCUT2D eigenvalue weighted by Gasteiger charge is 2.30. The van der Waals surface area contributed by atoms with Crippen molar-refractivity contribution in [3.8, 4) is 11.1 Å². The normalized spacial score (nSPS) is 12.2. The molecule has 1 unspecified atom stereocenters. The van der Waals surface area contributed by atoms with Gasteiger partial charge in [-0.25, -0.2) is 4.79 Å². The third-order valence-electron chi connectivity index (χ3n) is 4.35. The highest BCUT2D eigenvalue weighted by Crippen LogP contribution is 2.31. The molecule has 0 spiro atoms. The lowest BCUT2D eigenvalue weighted by Crippen LogP contribution is -2.33. The number of nitrogens with one attached hydrogen (secondary N) is 1. The fraction of sp³-hybridized carbons (Fsp3) is 0.0909. The highest BCUT2D eigenvalue weighted by atomic mass is 19.4. The fourth-order valence-electron chi connectivity index (χ4n) is 2.81. The number of halogens is 3. The van der Waals surface area contributed by atoms with Crippen LogP contribution in [0.1, 0.15) is 27.5 Å². The molecule has 7 heteroatoms. The Hall–Kier alpha value is -3.61. The Morgan fingerprint density at radius 1 is 0.793 bits per heavy atom. The first-order chi connectivity index (χ1) is 13.8. The molecular weight excluding hydrogens is 383 g/mol. The molecule has 4 nitrogen and oxygen atoms in total. The van der Waals surface area contributed by atoms with E-state index in [-0.39, 0.29) is 5.56 Å². The third-order valence-corrected chi connectivity index (χ3v) is 4.35. The molecule has 0 heterocycles. The molecule has 0 saturated carbocycles. The molecule has 0 bridgehead atoms. The van der Waals surface area contributed by atoms with Gasteiger partial charge >= 0.3 is 12.1 Å². The van der Waals surface area contributed by atoms with Gasteiger partial charge in [0.05, 0.1) is 5.56 Å². The Morgan fingerprint density at radius 2 is 1.31 bits per heavy atom. The van der Waals surface area contributed by atoms with Crippen LogP contribution in [0.3, 0.4) is 0 Å². The molecule has 3 rings (SSSR count). The first-order valence-electron chi connectivity index (χ1n) is 8.62. The van der Waals surface area contributed by atoms with Crippen molar-refractivity contribution in [2.24, 2.45) is 0 Å². The van der Waals surface area contributed by atoms with Crippen LogP contribution < -0.4 is 5.32 Å². The summed E-state index contributed by atoms with van der Waals surface area (Å²) >= 11 is 0. The zero-order valence-electron chi connectivity index (χ0n) is 15.0. The van der Waals surface area contributed by atoms with Crippen LogP contribution >= 0.6 is 0 Å². The van der Waals surface area contributed by atoms with E-state index in [4.69, 9.17) is 0 Å². The second-order valence-electron chi connectivity index (χ2n) is 6.31. The minimum atomic E-state index is -4.40. The van der Waals surface area contributed by atoms with Crippen LogP contribution in [0.2, 0.25) is 0 Å². The minimum Gasteiger partial charge on any atom is -0.479 e. The molecule has 2 N–H and O–H groups in total. The Kier molecular flexibility index (Phi) is 5.68. The molecular formula is C22H16F3NO3. The quantitative estimate of drug-likeness (QED) is 0.640. The van der Waals surface area contributed by atoms with Crippen molar-refractivity contribution in [1.82, 2.24) is 5.32 Å². The summed E-state index contributed by atoms with van der Waals surface area (Å²) in [5, 5.41) is 11.9. The second-order valence-corrected chi connectivity index (χ2v) is 6.31. The molecule has 0 aliphatic heterocycles. The Balaban J connectivity index is 1.75. The van der Waals surface area contributed by atoms with Gasteiger partial charge in [0.2, 0.25) is 0 Å². The van der Waals surface area contributed by atoms with Gasteiger partial charge in [0, 0.05) is 5.56 Å². The lowest BCUT2D eigenvalue weighted by Gasteiger charge is -2.15. The summed E-state index contributed by atoms with van der Waals surface area (Å²) in [5.41, 5.74) is 1.14. The first kappa shape index (κ1) is 20.1. The number of alkyl halides is 3. The summed E-state index contributed by atoms with van der Waals surface area (Å²) in [6.07, 6.45) is -4.40. The van der Waals surface area contributed by atoms with E-state index in [2.05, 4.69) is 5.32 Å². The number of carbonyl (C=O) groups is 2. The molecule has 0 fully saturated rings. The van der Waals surface area contributed by atoms with E-state index in [0.717, 1.165) is 12.1 Å². The van der Waals surface area contributed by atoms with Crippen LogP contribution in [-0.2, 0) is 11.0 Å². The van der Waals surface area contributed by atoms with Gasteiger partial charge in [-0.05, 0) is 41.0 Å². The van der Waals surface area contributed by atoms with Crippen LogP contribution in [0.25, 0.3) is 11.1 Å². The maximum Gasteiger partial charge on any atom is 0.416 e. The molecule has 0 aromatic heterocycles. The fourth-order valence-corrected chi connectivity index (χ4v) is 2.81. The van der Waals surface area contributed by atoms with E-state index in [1.807, 2.05) is 0 Å². The number of benzene rings is 3. The van der Waals surface area contributed by atoms with Crippen molar-refractivity contribution in [3.63, 3.8) is 0 Å². The van der Waals surface area contributed by atoms with Crippen LogP contribution in [0.5, 0.6) is 0 Å². The standard InChI is InChI=1S/C22H16F3NO3/c23-22(24,25)18-12-10-15(11-13-18)14-6-8-17(9-7-14)20(27)26-19(21(28)29)16-4-2-1-3-5-16/h1-13,19H,(H,26,27)(H,28,29). The summed E-state index contributed by atoms with van der Waals surface area (Å²) < 4.78 is 38.0. The van der Waals surface area contributed by atoms with Gasteiger partial charge in [0.25, 0.3) is 5.91 Å². The number of rotatable bonds is 5. The van der Waals surface area contributed by atoms with Crippen LogP contribution in [0, 0.1) is 0 Å². The Morgan fingerprint density at radius 3 is 1.79 bits per heavy atom. The predicted molar refractivity (Wildman–Crippen MR) is 101 cm³/mol. The van der Waals surface area contributed by atoms with Crippen LogP contribution in [0.4, 0.5) is 13.2 Å². The molecule has 1 atom stereocenters. The summed E-state index contributed by atoms with van der Waals surface area (Å²) in [7, 11) is 0. The van der Waals surface area contributed by atoms with Gasteiger partial charge in [0.15, 0.2) is 6.04 Å². The number of hydrogen-bond donors (Lipinski definition) is 2. The zero-order chi connectivity index (χ0) is 21.0. The summed E-state index contributed by atoms with van der Waals surface area (Å²) in [4.78, 5) is 23.9. The van der Waals surface area contributed by atoms with Crippen molar-refractivity contribution in [2.45, 2.75) is 12.2 Å². The van der Waals surface area contributed by atoms with Crippen molar-refractivity contribution in [3.05, 3.63) is 95.6 Å². The molecule has 148 valence electrons. The average Bonchev–Trinajstić information content (AvgIpc) is 2.72. The Labute approximate surface area is 164 Å². The van der Waals surface area contributed by atoms with Gasteiger partial charge in [-0.15, -0.1) is 0 Å². The van der Waals surface area contributed by atoms with Crippen molar-refractivity contribution in [1.29, 1.82) is 0 Å². The van der Waals surface area contributed by atoms with Gasteiger partial charge in [-0.3, -0.25) is 4.79 Å². The van der Waals surface area contributed by atoms with Crippen molar-refractivity contribution < 1.29 is 27.9 Å². The summed E-state index contributed by atoms with van der Waals surface area (Å²) in [5.74, 6) is -1.76. The largest absolute Gasteiger partial charge is 0.479 e. The van der Waals surface area contributed by atoms with Gasteiger partial charge < -0.3 is 10.4 Å². The molecule has 0 saturated heterocycles. The number of carbonyl (C=O) groups excluding carboxylic acids is 1. The third kappa shape index (κ3) is 4.82. The van der Waals surface area contributed by atoms with E-state index < -0.39 is 29.7 Å². The lowest BCUT2D eigenvalue weighted by atomic mass is 10.0. The molecule has 3 aromatic rings. The van der Waals surface area contributed by atoms with E-state index in [0.29, 0.717) is 16.7 Å². The molecule has 0 aliphatic carbocycles. The van der Waals surface area contributed by atoms with E-state index in [9.17, 15) is 27.9 Å². The average molecular weight is 399 g/mol. The van der Waals surface area contributed by atoms with E-state index in [1.165, 1.54) is 24.3 Å². The van der Waals surface area contributed by atoms with Gasteiger partial charge in [-0.2, -0.15) is 13.2 Å². The molecule has 0 radical (unpaired) electrons. The number of carboxylic acid groups (broad SMARTS) is 1. The number of carboxylic acids is 1. The maximum atomic E-state index is 12.7. The second kappa shape index (κ2) is 8.18. The maximum absolute atomic E-state index is 12.7. The van der Waals surface area contributed by atoms with Crippen molar-refractivity contribution >= 4 is 11.9 Å². The highest BCUT2D eigenvalue weighted by molar-refractivity contribution is 5.97. The molecule has 29 heavy (non-hydrogen) atoms. The van der Waals surface area contributed by atoms with E-state index >= 15 is 0 Å². The SMILES string of the molecule is O=C(NC(C(=O)O)c1ccccc1)c1ccc(-c2ccc(C(F)(F)F)cc2)cc1. The number of aliphatic carboxylic acids is 1. The predicted octanol–water partition coefficient (Wildman–Crippen LogP) is 4.93. The van der Waals surface area contributed by atoms with Crippen LogP contribution in [0.15, 0.2) is 78.9 Å². The number of hydrogen-bond acceptors (Lipinski definition) is 2. The summed E-state index contributed by atoms with van der Waals surface area (Å²) in [6, 6.07) is 18.0. The van der Waals surface area contributed by atoms with Gasteiger partial charge in [-0.1, -0.05) is 54.6 Å². The van der Waals surface area contributed by atoms with Crippen molar-refractivity contribution in [2.75, 3.05) is 0 Å². The Bertz CT molecular complexity index is 998. The first-order valence-corrected chi connectivity index (χ1v) is 8.62. The topological polar surface area (TPSA) is 66.4 Å².